The van der Waals surface area contributed by atoms with E-state index < -0.39 is 0 Å². The Kier molecular flexibility index (Phi) is 3.13. The fraction of sp³-hybridized carbons (Fsp3) is 0.533. The molecule has 0 aliphatic carbocycles. The summed E-state index contributed by atoms with van der Waals surface area (Å²) < 4.78 is 5.59. The number of piperidine rings is 1. The highest BCUT2D eigenvalue weighted by Gasteiger charge is 2.40. The van der Waals surface area contributed by atoms with E-state index in [-0.39, 0.29) is 6.10 Å². The molecule has 1 N–H and O–H groups in total. The maximum Gasteiger partial charge on any atom is 0.236 e. The first-order valence-corrected chi connectivity index (χ1v) is 8.09. The smallest absolute Gasteiger partial charge is 0.236 e. The molecule has 0 amide bonds. The van der Waals surface area contributed by atoms with Gasteiger partial charge >= 0.3 is 0 Å². The van der Waals surface area contributed by atoms with E-state index in [4.69, 9.17) is 4.42 Å². The van der Waals surface area contributed by atoms with Crippen LogP contribution in [0, 0.1) is 0 Å². The first-order valence-electron chi connectivity index (χ1n) is 7.21. The third kappa shape index (κ3) is 2.20. The minimum atomic E-state index is -0.109. The molecule has 2 atom stereocenters. The van der Waals surface area contributed by atoms with Crippen molar-refractivity contribution >= 4 is 11.3 Å². The number of fused-ring (bicyclic) bond motifs is 2. The van der Waals surface area contributed by atoms with Gasteiger partial charge in [0.15, 0.2) is 0 Å². The molecular formula is C15H18N2O2S. The van der Waals surface area contributed by atoms with Gasteiger partial charge in [-0.2, -0.15) is 0 Å². The number of hydrogen-bond donors (Lipinski definition) is 1. The molecular weight excluding hydrogens is 272 g/mol. The zero-order chi connectivity index (χ0) is 13.5. The number of nitrogens with zero attached hydrogens (tertiary/aromatic N) is 2. The van der Waals surface area contributed by atoms with Crippen LogP contribution in [0.2, 0.25) is 0 Å². The highest BCUT2D eigenvalue weighted by atomic mass is 32.1. The van der Waals surface area contributed by atoms with E-state index in [1.165, 1.54) is 12.8 Å². The van der Waals surface area contributed by atoms with Crippen molar-refractivity contribution in [2.45, 2.75) is 50.4 Å². The maximum absolute atomic E-state index is 9.84. The van der Waals surface area contributed by atoms with Crippen molar-refractivity contribution in [2.24, 2.45) is 0 Å². The number of rotatable bonds is 3. The molecule has 0 spiro atoms. The van der Waals surface area contributed by atoms with Gasteiger partial charge in [-0.3, -0.25) is 4.90 Å². The molecule has 2 aromatic rings. The van der Waals surface area contributed by atoms with Gasteiger partial charge in [0.25, 0.3) is 0 Å². The zero-order valence-corrected chi connectivity index (χ0v) is 12.1. The van der Waals surface area contributed by atoms with Crippen molar-refractivity contribution in [1.29, 1.82) is 0 Å². The van der Waals surface area contributed by atoms with Crippen molar-refractivity contribution in [2.75, 3.05) is 0 Å². The lowest BCUT2D eigenvalue weighted by Crippen LogP contribution is -2.44. The van der Waals surface area contributed by atoms with Crippen molar-refractivity contribution in [3.05, 3.63) is 29.5 Å². The molecule has 20 heavy (non-hydrogen) atoms. The third-order valence-electron chi connectivity index (χ3n) is 4.49. The van der Waals surface area contributed by atoms with Crippen LogP contribution in [0.15, 0.2) is 28.2 Å². The van der Waals surface area contributed by atoms with Crippen LogP contribution >= 0.6 is 11.3 Å². The summed E-state index contributed by atoms with van der Waals surface area (Å²) in [6, 6.07) is 5.08. The minimum Gasteiger partial charge on any atom is -0.444 e. The van der Waals surface area contributed by atoms with Gasteiger partial charge in [0.05, 0.1) is 16.7 Å². The Morgan fingerprint density at radius 2 is 2.15 bits per heavy atom. The largest absolute Gasteiger partial charge is 0.444 e. The summed E-state index contributed by atoms with van der Waals surface area (Å²) in [5.74, 6) is 0.722. The first kappa shape index (κ1) is 12.6. The molecule has 2 aliphatic heterocycles. The van der Waals surface area contributed by atoms with E-state index in [1.54, 1.807) is 17.6 Å². The highest BCUT2D eigenvalue weighted by Crippen LogP contribution is 2.37. The Labute approximate surface area is 122 Å². The van der Waals surface area contributed by atoms with Gasteiger partial charge in [-0.25, -0.2) is 4.98 Å². The summed E-state index contributed by atoms with van der Waals surface area (Å²) >= 11 is 1.65. The van der Waals surface area contributed by atoms with E-state index in [9.17, 15) is 5.11 Å². The van der Waals surface area contributed by atoms with Gasteiger partial charge in [0.2, 0.25) is 5.89 Å². The molecule has 2 bridgehead atoms. The summed E-state index contributed by atoms with van der Waals surface area (Å²) in [7, 11) is 0. The van der Waals surface area contributed by atoms with Gasteiger partial charge in [-0.1, -0.05) is 6.07 Å². The van der Waals surface area contributed by atoms with Crippen molar-refractivity contribution in [3.63, 3.8) is 0 Å². The van der Waals surface area contributed by atoms with Crippen LogP contribution in [0.3, 0.4) is 0 Å². The molecule has 2 aromatic heterocycles. The highest BCUT2D eigenvalue weighted by molar-refractivity contribution is 7.13. The fourth-order valence-electron chi connectivity index (χ4n) is 3.58. The van der Waals surface area contributed by atoms with Crippen molar-refractivity contribution in [3.8, 4) is 10.8 Å². The van der Waals surface area contributed by atoms with Gasteiger partial charge in [0, 0.05) is 18.6 Å². The van der Waals surface area contributed by atoms with E-state index >= 15 is 0 Å². The number of thiophene rings is 1. The first-order chi connectivity index (χ1) is 9.79. The predicted octanol–water partition coefficient (Wildman–Crippen LogP) is 2.89. The topological polar surface area (TPSA) is 49.5 Å². The molecule has 2 fully saturated rings. The second kappa shape index (κ2) is 4.98. The van der Waals surface area contributed by atoms with Gasteiger partial charge in [-0.05, 0) is 37.1 Å². The standard InChI is InChI=1S/C15H18N2O2S/c18-13-6-11-3-4-12(7-13)17(11)8-10-9-19-15(16-10)14-2-1-5-20-14/h1-2,5,9,11-13,18H,3-4,6-8H2. The van der Waals surface area contributed by atoms with Crippen LogP contribution in [0.25, 0.3) is 10.8 Å². The lowest BCUT2D eigenvalue weighted by Gasteiger charge is -2.36. The van der Waals surface area contributed by atoms with Crippen LogP contribution < -0.4 is 0 Å². The minimum absolute atomic E-state index is 0.109. The molecule has 2 aliphatic rings. The second-order valence-corrected chi connectivity index (χ2v) is 6.75. The summed E-state index contributed by atoms with van der Waals surface area (Å²) in [6.45, 7) is 0.844. The van der Waals surface area contributed by atoms with Crippen molar-refractivity contribution in [1.82, 2.24) is 9.88 Å². The van der Waals surface area contributed by atoms with E-state index in [0.717, 1.165) is 35.8 Å². The van der Waals surface area contributed by atoms with E-state index in [1.807, 2.05) is 17.5 Å². The Morgan fingerprint density at radius 1 is 1.35 bits per heavy atom. The average molecular weight is 290 g/mol. The molecule has 4 nitrogen and oxygen atoms in total. The van der Waals surface area contributed by atoms with Crippen molar-refractivity contribution < 1.29 is 9.52 Å². The number of aromatic nitrogens is 1. The number of hydrogen-bond acceptors (Lipinski definition) is 5. The number of aliphatic hydroxyl groups excluding tert-OH is 1. The molecule has 2 unspecified atom stereocenters. The van der Waals surface area contributed by atoms with Gasteiger partial charge in [-0.15, -0.1) is 11.3 Å². The van der Waals surface area contributed by atoms with Gasteiger partial charge in [0.1, 0.15) is 6.26 Å². The fourth-order valence-corrected chi connectivity index (χ4v) is 4.24. The number of oxazole rings is 1. The Morgan fingerprint density at radius 3 is 2.85 bits per heavy atom. The maximum atomic E-state index is 9.84. The summed E-state index contributed by atoms with van der Waals surface area (Å²) in [6.07, 6.45) is 5.90. The quantitative estimate of drug-likeness (QED) is 0.944. The van der Waals surface area contributed by atoms with E-state index in [0.29, 0.717) is 12.1 Å². The molecule has 0 aromatic carbocycles. The lowest BCUT2D eigenvalue weighted by molar-refractivity contribution is 0.0303. The van der Waals surface area contributed by atoms with Gasteiger partial charge < -0.3 is 9.52 Å². The molecule has 4 rings (SSSR count). The third-order valence-corrected chi connectivity index (χ3v) is 5.35. The molecule has 0 saturated carbocycles. The van der Waals surface area contributed by atoms with Crippen LogP contribution in [0.4, 0.5) is 0 Å². The van der Waals surface area contributed by atoms with Crippen LogP contribution in [0.5, 0.6) is 0 Å². The Bertz CT molecular complexity index is 566. The Balaban J connectivity index is 1.50. The summed E-state index contributed by atoms with van der Waals surface area (Å²) in [5.41, 5.74) is 1.00. The monoisotopic (exact) mass is 290 g/mol. The number of aliphatic hydroxyl groups is 1. The predicted molar refractivity (Wildman–Crippen MR) is 77.4 cm³/mol. The van der Waals surface area contributed by atoms with Crippen LogP contribution in [-0.2, 0) is 6.54 Å². The molecule has 2 saturated heterocycles. The van der Waals surface area contributed by atoms with Crippen LogP contribution in [-0.4, -0.2) is 33.2 Å². The van der Waals surface area contributed by atoms with Crippen LogP contribution in [0.1, 0.15) is 31.4 Å². The normalized spacial score (nSPS) is 29.9. The summed E-state index contributed by atoms with van der Waals surface area (Å²) in [4.78, 5) is 8.18. The Hall–Kier alpha value is -1.17. The summed E-state index contributed by atoms with van der Waals surface area (Å²) in [5, 5.41) is 11.9. The SMILES string of the molecule is OC1CC2CCC(C1)N2Cc1coc(-c2cccs2)n1. The lowest BCUT2D eigenvalue weighted by atomic mass is 10.00. The molecule has 5 heteroatoms. The average Bonchev–Trinajstić information content (AvgIpc) is 3.12. The second-order valence-electron chi connectivity index (χ2n) is 5.80. The molecule has 0 radical (unpaired) electrons. The zero-order valence-electron chi connectivity index (χ0n) is 11.2. The van der Waals surface area contributed by atoms with E-state index in [2.05, 4.69) is 9.88 Å². The molecule has 4 heterocycles. The molecule has 106 valence electrons.